The van der Waals surface area contributed by atoms with Crippen LogP contribution in [-0.4, -0.2) is 84.7 Å². The molecule has 3 heterocycles. The lowest BCUT2D eigenvalue weighted by Crippen LogP contribution is -2.43. The third kappa shape index (κ3) is 6.12. The Labute approximate surface area is 217 Å². The Kier molecular flexibility index (Phi) is 8.86. The summed E-state index contributed by atoms with van der Waals surface area (Å²) in [5.41, 5.74) is 0.764. The zero-order valence-corrected chi connectivity index (χ0v) is 22.1. The fraction of sp³-hybridized carbons (Fsp3) is 0.522. The van der Waals surface area contributed by atoms with Crippen molar-refractivity contribution in [3.63, 3.8) is 0 Å². The molecule has 0 N–H and O–H groups in total. The van der Waals surface area contributed by atoms with Crippen molar-refractivity contribution in [2.45, 2.75) is 25.9 Å². The highest BCUT2D eigenvalue weighted by molar-refractivity contribution is 9.10. The number of hydrogen-bond acceptors (Lipinski definition) is 8. The van der Waals surface area contributed by atoms with Crippen LogP contribution in [0.3, 0.4) is 0 Å². The Hall–Kier alpha value is -1.66. The zero-order valence-electron chi connectivity index (χ0n) is 18.9. The van der Waals surface area contributed by atoms with E-state index in [1.165, 1.54) is 11.8 Å². The Bertz CT molecular complexity index is 976. The predicted octanol–water partition coefficient (Wildman–Crippen LogP) is 3.47. The molecule has 0 bridgehead atoms. The van der Waals surface area contributed by atoms with Gasteiger partial charge in [-0.15, -0.1) is 0 Å². The molecule has 1 aromatic carbocycles. The molecule has 3 saturated heterocycles. The summed E-state index contributed by atoms with van der Waals surface area (Å²) >= 11 is 10.3. The minimum Gasteiger partial charge on any atom is -0.490 e. The average Bonchev–Trinajstić information content (AvgIpc) is 3.43. The van der Waals surface area contributed by atoms with E-state index in [1.54, 1.807) is 21.9 Å². The molecule has 0 spiro atoms. The van der Waals surface area contributed by atoms with E-state index in [0.29, 0.717) is 64.7 Å². The van der Waals surface area contributed by atoms with Gasteiger partial charge in [-0.1, -0.05) is 24.0 Å². The van der Waals surface area contributed by atoms with E-state index in [1.807, 2.05) is 13.0 Å². The number of nitrogens with zero attached hydrogens (tertiary/aromatic N) is 2. The number of amides is 2. The zero-order chi connectivity index (χ0) is 24.1. The highest BCUT2D eigenvalue weighted by Crippen LogP contribution is 2.39. The number of rotatable bonds is 8. The first-order chi connectivity index (χ1) is 16.5. The van der Waals surface area contributed by atoms with Gasteiger partial charge in [0, 0.05) is 19.7 Å². The van der Waals surface area contributed by atoms with Gasteiger partial charge < -0.3 is 23.8 Å². The van der Waals surface area contributed by atoms with Crippen LogP contribution < -0.4 is 9.47 Å². The summed E-state index contributed by atoms with van der Waals surface area (Å²) < 4.78 is 23.8. The van der Waals surface area contributed by atoms with E-state index in [4.69, 9.17) is 31.2 Å². The van der Waals surface area contributed by atoms with Crippen molar-refractivity contribution in [2.75, 3.05) is 52.7 Å². The molecule has 1 aromatic rings. The molecular weight excluding hydrogens is 544 g/mol. The Morgan fingerprint density at radius 2 is 2.09 bits per heavy atom. The van der Waals surface area contributed by atoms with Gasteiger partial charge in [0.15, 0.2) is 18.1 Å². The van der Waals surface area contributed by atoms with Crippen LogP contribution in [0.25, 0.3) is 6.08 Å². The van der Waals surface area contributed by atoms with Crippen molar-refractivity contribution in [2.24, 2.45) is 0 Å². The summed E-state index contributed by atoms with van der Waals surface area (Å²) in [4.78, 5) is 29.4. The van der Waals surface area contributed by atoms with Crippen LogP contribution in [0, 0.1) is 0 Å². The number of carbonyl (C=O) groups is 2. The maximum absolute atomic E-state index is 13.0. The lowest BCUT2D eigenvalue weighted by molar-refractivity contribution is -0.137. The largest absolute Gasteiger partial charge is 0.490 e. The molecule has 8 nitrogen and oxygen atoms in total. The molecule has 1 atom stereocenters. The fourth-order valence-corrected chi connectivity index (χ4v) is 5.76. The van der Waals surface area contributed by atoms with E-state index in [0.717, 1.165) is 25.0 Å². The molecule has 4 rings (SSSR count). The SMILES string of the molecule is CCOc1cc(/C=C2\SC(=S)N(C[C@@H]3CCCO3)C2=O)cc(Br)c1OCC(=O)N1CCOCC1. The summed E-state index contributed by atoms with van der Waals surface area (Å²) in [6.45, 7) is 5.61. The lowest BCUT2D eigenvalue weighted by atomic mass is 10.1. The minimum atomic E-state index is -0.115. The Morgan fingerprint density at radius 3 is 2.79 bits per heavy atom. The predicted molar refractivity (Wildman–Crippen MR) is 137 cm³/mol. The van der Waals surface area contributed by atoms with Crippen LogP contribution in [0.2, 0.25) is 0 Å². The van der Waals surface area contributed by atoms with Crippen molar-refractivity contribution in [3.8, 4) is 11.5 Å². The number of halogens is 1. The topological polar surface area (TPSA) is 77.5 Å². The van der Waals surface area contributed by atoms with Gasteiger partial charge in [-0.3, -0.25) is 14.5 Å². The Morgan fingerprint density at radius 1 is 1.29 bits per heavy atom. The van der Waals surface area contributed by atoms with Gasteiger partial charge in [0.25, 0.3) is 11.8 Å². The van der Waals surface area contributed by atoms with Gasteiger partial charge in [0.05, 0.1) is 41.8 Å². The number of morpholine rings is 1. The molecule has 0 aliphatic carbocycles. The maximum Gasteiger partial charge on any atom is 0.266 e. The number of ether oxygens (including phenoxy) is 4. The molecule has 184 valence electrons. The molecular formula is C23H27BrN2O6S2. The van der Waals surface area contributed by atoms with Crippen LogP contribution in [0.15, 0.2) is 21.5 Å². The normalized spacial score (nSPS) is 22.1. The molecule has 3 fully saturated rings. The van der Waals surface area contributed by atoms with Gasteiger partial charge >= 0.3 is 0 Å². The lowest BCUT2D eigenvalue weighted by Gasteiger charge is -2.27. The smallest absolute Gasteiger partial charge is 0.266 e. The van der Waals surface area contributed by atoms with Crippen molar-refractivity contribution < 1.29 is 28.5 Å². The second kappa shape index (κ2) is 11.9. The summed E-state index contributed by atoms with van der Waals surface area (Å²) in [6.07, 6.45) is 3.79. The van der Waals surface area contributed by atoms with E-state index in [-0.39, 0.29) is 24.5 Å². The van der Waals surface area contributed by atoms with Crippen molar-refractivity contribution >= 4 is 62.1 Å². The number of carbonyl (C=O) groups excluding carboxylic acids is 2. The van der Waals surface area contributed by atoms with Crippen LogP contribution in [-0.2, 0) is 19.1 Å². The van der Waals surface area contributed by atoms with Crippen molar-refractivity contribution in [1.29, 1.82) is 0 Å². The number of thioether (sulfide) groups is 1. The molecule has 0 saturated carbocycles. The maximum atomic E-state index is 13.0. The summed E-state index contributed by atoms with van der Waals surface area (Å²) in [5.74, 6) is 0.729. The average molecular weight is 572 g/mol. The fourth-order valence-electron chi connectivity index (χ4n) is 3.91. The van der Waals surface area contributed by atoms with E-state index in [2.05, 4.69) is 15.9 Å². The monoisotopic (exact) mass is 570 g/mol. The van der Waals surface area contributed by atoms with Crippen LogP contribution >= 0.6 is 39.9 Å². The van der Waals surface area contributed by atoms with Crippen LogP contribution in [0.1, 0.15) is 25.3 Å². The summed E-state index contributed by atoms with van der Waals surface area (Å²) in [7, 11) is 0. The van der Waals surface area contributed by atoms with Gasteiger partial charge in [0.1, 0.15) is 4.32 Å². The Balaban J connectivity index is 1.48. The molecule has 0 aromatic heterocycles. The molecule has 3 aliphatic rings. The summed E-state index contributed by atoms with van der Waals surface area (Å²) in [6, 6.07) is 3.64. The summed E-state index contributed by atoms with van der Waals surface area (Å²) in [5, 5.41) is 0. The van der Waals surface area contributed by atoms with Gasteiger partial charge in [-0.25, -0.2) is 0 Å². The number of hydrogen-bond donors (Lipinski definition) is 0. The molecule has 3 aliphatic heterocycles. The highest BCUT2D eigenvalue weighted by Gasteiger charge is 2.34. The number of benzene rings is 1. The van der Waals surface area contributed by atoms with Crippen molar-refractivity contribution in [3.05, 3.63) is 27.1 Å². The van der Waals surface area contributed by atoms with Crippen LogP contribution in [0.5, 0.6) is 11.5 Å². The third-order valence-electron chi connectivity index (χ3n) is 5.62. The van der Waals surface area contributed by atoms with Gasteiger partial charge in [-0.2, -0.15) is 0 Å². The first-order valence-corrected chi connectivity index (χ1v) is 13.3. The minimum absolute atomic E-state index is 0.0390. The number of thiocarbonyl (C=S) groups is 1. The van der Waals surface area contributed by atoms with E-state index in [9.17, 15) is 9.59 Å². The quantitative estimate of drug-likeness (QED) is 0.347. The van der Waals surface area contributed by atoms with Gasteiger partial charge in [-0.05, 0) is 59.5 Å². The van der Waals surface area contributed by atoms with Crippen LogP contribution in [0.4, 0.5) is 0 Å². The molecule has 0 radical (unpaired) electrons. The molecule has 34 heavy (non-hydrogen) atoms. The van der Waals surface area contributed by atoms with Crippen molar-refractivity contribution in [1.82, 2.24) is 9.80 Å². The second-order valence-electron chi connectivity index (χ2n) is 7.97. The van der Waals surface area contributed by atoms with E-state index < -0.39 is 0 Å². The highest BCUT2D eigenvalue weighted by atomic mass is 79.9. The third-order valence-corrected chi connectivity index (χ3v) is 7.58. The van der Waals surface area contributed by atoms with Gasteiger partial charge in [0.2, 0.25) is 0 Å². The first kappa shape index (κ1) is 25.4. The first-order valence-electron chi connectivity index (χ1n) is 11.3. The second-order valence-corrected chi connectivity index (χ2v) is 10.5. The van der Waals surface area contributed by atoms with E-state index >= 15 is 0 Å². The molecule has 2 amide bonds. The standard InChI is InChI=1S/C23H27BrN2O6S2/c1-2-30-18-11-15(10-17(24)21(18)32-14-20(27)25-5-8-29-9-6-25)12-19-22(28)26(23(33)34-19)13-16-4-3-7-31-16/h10-12,16H,2-9,13-14H2,1H3/b19-12-/t16-/m0/s1. The molecule has 11 heteroatoms. The molecule has 0 unspecified atom stereocenters.